The molecule has 0 aromatic rings. The summed E-state index contributed by atoms with van der Waals surface area (Å²) in [4.78, 5) is 34.7. The molecular formula is C41H73NO5. The van der Waals surface area contributed by atoms with E-state index in [2.05, 4.69) is 55.6 Å². The lowest BCUT2D eigenvalue weighted by atomic mass is 10.1. The minimum atomic E-state index is -1.03. The van der Waals surface area contributed by atoms with E-state index in [0.29, 0.717) is 12.8 Å². The average molecular weight is 660 g/mol. The monoisotopic (exact) mass is 660 g/mol. The van der Waals surface area contributed by atoms with E-state index >= 15 is 0 Å². The van der Waals surface area contributed by atoms with Gasteiger partial charge in [-0.3, -0.25) is 14.4 Å². The number of carboxylic acid groups (broad SMARTS) is 1. The molecule has 0 saturated carbocycles. The molecule has 0 rings (SSSR count). The van der Waals surface area contributed by atoms with Gasteiger partial charge in [0.1, 0.15) is 12.6 Å². The van der Waals surface area contributed by atoms with Crippen LogP contribution < -0.4 is 5.32 Å². The smallest absolute Gasteiger partial charge is 0.322 e. The third kappa shape index (κ3) is 36.3. The summed E-state index contributed by atoms with van der Waals surface area (Å²) < 4.78 is 5.85. The van der Waals surface area contributed by atoms with Gasteiger partial charge in [-0.15, -0.1) is 0 Å². The van der Waals surface area contributed by atoms with Gasteiger partial charge in [0.25, 0.3) is 0 Å². The molecule has 0 saturated heterocycles. The molecule has 47 heavy (non-hydrogen) atoms. The Balaban J connectivity index is 3.88. The number of amides is 1. The van der Waals surface area contributed by atoms with E-state index < -0.39 is 5.97 Å². The number of allylic oxidation sites excluding steroid dienone is 5. The average Bonchev–Trinajstić information content (AvgIpc) is 3.05. The van der Waals surface area contributed by atoms with Crippen molar-refractivity contribution in [3.63, 3.8) is 0 Å². The van der Waals surface area contributed by atoms with E-state index in [1.165, 1.54) is 103 Å². The van der Waals surface area contributed by atoms with Crippen LogP contribution in [0, 0.1) is 0 Å². The summed E-state index contributed by atoms with van der Waals surface area (Å²) in [5, 5.41) is 11.0. The molecule has 0 aliphatic heterocycles. The maximum atomic E-state index is 12.6. The van der Waals surface area contributed by atoms with Crippen LogP contribution in [0.1, 0.15) is 194 Å². The lowest BCUT2D eigenvalue weighted by Gasteiger charge is -2.15. The highest BCUT2D eigenvalue weighted by Gasteiger charge is 2.12. The van der Waals surface area contributed by atoms with E-state index in [0.717, 1.165) is 64.2 Å². The molecule has 272 valence electrons. The van der Waals surface area contributed by atoms with Crippen molar-refractivity contribution in [3.8, 4) is 0 Å². The van der Waals surface area contributed by atoms with Gasteiger partial charge in [-0.25, -0.2) is 0 Å². The maximum Gasteiger partial charge on any atom is 0.322 e. The van der Waals surface area contributed by atoms with Gasteiger partial charge in [0, 0.05) is 12.8 Å². The molecule has 0 aromatic heterocycles. The summed E-state index contributed by atoms with van der Waals surface area (Å²) in [7, 11) is 0. The molecule has 0 heterocycles. The van der Waals surface area contributed by atoms with Crippen molar-refractivity contribution in [1.29, 1.82) is 0 Å². The first-order chi connectivity index (χ1) is 23.0. The molecule has 1 unspecified atom stereocenters. The van der Waals surface area contributed by atoms with Crippen LogP contribution >= 0.6 is 0 Å². The SMILES string of the molecule is CCCCC/C=C\C(CCCCCCC(=O)NCC(=O)O)OC(=O)CCCCCCCCCCC/C=C\C/C=C\CCCCCCC. The molecule has 0 aliphatic rings. The maximum absolute atomic E-state index is 12.6. The van der Waals surface area contributed by atoms with Crippen molar-refractivity contribution in [2.75, 3.05) is 6.54 Å². The van der Waals surface area contributed by atoms with E-state index in [1.54, 1.807) is 0 Å². The summed E-state index contributed by atoms with van der Waals surface area (Å²) >= 11 is 0. The highest BCUT2D eigenvalue weighted by molar-refractivity contribution is 5.80. The zero-order valence-corrected chi connectivity index (χ0v) is 30.6. The normalized spacial score (nSPS) is 12.4. The Morgan fingerprint density at radius 1 is 0.574 bits per heavy atom. The molecular weight excluding hydrogens is 586 g/mol. The van der Waals surface area contributed by atoms with Crippen LogP contribution in [0.2, 0.25) is 0 Å². The minimum Gasteiger partial charge on any atom is -0.480 e. The number of rotatable bonds is 35. The third-order valence-corrected chi connectivity index (χ3v) is 8.52. The minimum absolute atomic E-state index is 0.0915. The Morgan fingerprint density at radius 3 is 1.64 bits per heavy atom. The Bertz CT molecular complexity index is 819. The number of carbonyl (C=O) groups is 3. The number of hydrogen-bond donors (Lipinski definition) is 2. The van der Waals surface area contributed by atoms with Crippen molar-refractivity contribution in [2.45, 2.75) is 200 Å². The Hall–Kier alpha value is -2.37. The van der Waals surface area contributed by atoms with E-state index in [9.17, 15) is 14.4 Å². The molecule has 2 N–H and O–H groups in total. The molecule has 0 spiro atoms. The number of hydrogen-bond acceptors (Lipinski definition) is 4. The first-order valence-electron chi connectivity index (χ1n) is 19.6. The van der Waals surface area contributed by atoms with Gasteiger partial charge in [0.2, 0.25) is 5.91 Å². The van der Waals surface area contributed by atoms with Crippen LogP contribution in [0.4, 0.5) is 0 Å². The van der Waals surface area contributed by atoms with E-state index in [1.807, 2.05) is 0 Å². The van der Waals surface area contributed by atoms with Gasteiger partial charge in [0.15, 0.2) is 0 Å². The molecule has 0 aliphatic carbocycles. The van der Waals surface area contributed by atoms with Crippen LogP contribution in [0.3, 0.4) is 0 Å². The number of ether oxygens (including phenoxy) is 1. The molecule has 0 radical (unpaired) electrons. The van der Waals surface area contributed by atoms with Crippen LogP contribution in [0.5, 0.6) is 0 Å². The van der Waals surface area contributed by atoms with Gasteiger partial charge in [-0.2, -0.15) is 0 Å². The second kappa shape index (κ2) is 36.5. The van der Waals surface area contributed by atoms with Crippen molar-refractivity contribution in [2.24, 2.45) is 0 Å². The number of esters is 1. The Kier molecular flexibility index (Phi) is 34.6. The number of carboxylic acids is 1. The highest BCUT2D eigenvalue weighted by Crippen LogP contribution is 2.15. The molecule has 0 bridgehead atoms. The second-order valence-electron chi connectivity index (χ2n) is 13.2. The molecule has 0 fully saturated rings. The van der Waals surface area contributed by atoms with Crippen LogP contribution in [-0.4, -0.2) is 35.6 Å². The van der Waals surface area contributed by atoms with E-state index in [4.69, 9.17) is 9.84 Å². The zero-order valence-electron chi connectivity index (χ0n) is 30.6. The molecule has 1 atom stereocenters. The van der Waals surface area contributed by atoms with Crippen LogP contribution in [0.25, 0.3) is 0 Å². The molecule has 6 nitrogen and oxygen atoms in total. The van der Waals surface area contributed by atoms with Gasteiger partial charge in [0.05, 0.1) is 0 Å². The van der Waals surface area contributed by atoms with Crippen molar-refractivity contribution >= 4 is 17.8 Å². The van der Waals surface area contributed by atoms with Gasteiger partial charge >= 0.3 is 11.9 Å². The molecule has 6 heteroatoms. The molecule has 0 aromatic carbocycles. The number of unbranched alkanes of at least 4 members (excludes halogenated alkanes) is 20. The third-order valence-electron chi connectivity index (χ3n) is 8.52. The largest absolute Gasteiger partial charge is 0.480 e. The second-order valence-corrected chi connectivity index (χ2v) is 13.2. The molecule has 1 amide bonds. The van der Waals surface area contributed by atoms with Crippen LogP contribution in [-0.2, 0) is 19.1 Å². The lowest BCUT2D eigenvalue weighted by molar-refractivity contribution is -0.147. The summed E-state index contributed by atoms with van der Waals surface area (Å²) in [5.74, 6) is -1.34. The summed E-state index contributed by atoms with van der Waals surface area (Å²) in [6.45, 7) is 4.14. The zero-order chi connectivity index (χ0) is 34.5. The van der Waals surface area contributed by atoms with Gasteiger partial charge in [-0.1, -0.05) is 141 Å². The quantitative estimate of drug-likeness (QED) is 0.0401. The van der Waals surface area contributed by atoms with Gasteiger partial charge in [-0.05, 0) is 76.7 Å². The highest BCUT2D eigenvalue weighted by atomic mass is 16.5. The predicted molar refractivity (Wildman–Crippen MR) is 199 cm³/mol. The summed E-state index contributed by atoms with van der Waals surface area (Å²) in [5.41, 5.74) is 0. The standard InChI is InChI=1S/C41H73NO5/c1-3-5-7-9-10-11-12-13-14-15-16-17-18-19-20-21-22-23-24-26-32-36-41(46)47-38(33-29-25-8-6-4-2)34-30-27-28-31-35-39(43)42-37-40(44)45/h12-13,15-16,29,33,38H,3-11,14,17-28,30-32,34-37H2,1-2H3,(H,42,43)(H,44,45)/b13-12-,16-15-,33-29-. The van der Waals surface area contributed by atoms with Crippen molar-refractivity contribution in [1.82, 2.24) is 5.32 Å². The topological polar surface area (TPSA) is 92.7 Å². The van der Waals surface area contributed by atoms with Crippen molar-refractivity contribution < 1.29 is 24.2 Å². The number of nitrogens with one attached hydrogen (secondary N) is 1. The lowest BCUT2D eigenvalue weighted by Crippen LogP contribution is -2.28. The predicted octanol–water partition coefficient (Wildman–Crippen LogP) is 11.7. The van der Waals surface area contributed by atoms with Crippen LogP contribution in [0.15, 0.2) is 36.5 Å². The first kappa shape index (κ1) is 44.6. The van der Waals surface area contributed by atoms with Gasteiger partial charge < -0.3 is 15.2 Å². The fraction of sp³-hybridized carbons (Fsp3) is 0.780. The number of aliphatic carboxylic acids is 1. The Morgan fingerprint density at radius 2 is 1.04 bits per heavy atom. The summed E-state index contributed by atoms with van der Waals surface area (Å²) in [6.07, 6.45) is 44.4. The fourth-order valence-electron chi connectivity index (χ4n) is 5.57. The fourth-order valence-corrected chi connectivity index (χ4v) is 5.57. The first-order valence-corrected chi connectivity index (χ1v) is 19.6. The summed E-state index contributed by atoms with van der Waals surface area (Å²) in [6, 6.07) is 0. The number of carbonyl (C=O) groups excluding carboxylic acids is 2. The Labute approximate surface area is 289 Å². The van der Waals surface area contributed by atoms with E-state index in [-0.39, 0.29) is 24.5 Å². The van der Waals surface area contributed by atoms with Crippen molar-refractivity contribution in [3.05, 3.63) is 36.5 Å².